The van der Waals surface area contributed by atoms with Crippen molar-refractivity contribution in [3.8, 4) is 6.01 Å². The van der Waals surface area contributed by atoms with Gasteiger partial charge in [0.1, 0.15) is 24.4 Å². The molecule has 1 saturated carbocycles. The number of aliphatic hydroxyl groups is 2. The normalized spacial score (nSPS) is 31.9. The van der Waals surface area contributed by atoms with Crippen LogP contribution in [0.3, 0.4) is 0 Å². The SMILES string of the molecule is C=C(C)[C@@H]1CC[C@](C)(S[PH](=S)OC[C@H]2O[C@@H](n3cnc4c(=O)[nH]c(O)nc43)[C@H](O)C2O[Si](C)(C)C(C)(C)C)[C@@H](O)C1. The number of ether oxygens (including phenoxy) is 1. The third-order valence-electron chi connectivity index (χ3n) is 8.82. The van der Waals surface area contributed by atoms with Gasteiger partial charge in [-0.2, -0.15) is 4.98 Å². The van der Waals surface area contributed by atoms with E-state index < -0.39 is 61.4 Å². The van der Waals surface area contributed by atoms with Gasteiger partial charge in [0.25, 0.3) is 11.6 Å². The predicted molar refractivity (Wildman–Crippen MR) is 168 cm³/mol. The highest BCUT2D eigenvalue weighted by atomic mass is 32.9. The number of aliphatic hydroxyl groups excluding tert-OH is 2. The molecule has 8 atom stereocenters. The molecule has 1 saturated heterocycles. The zero-order valence-corrected chi connectivity index (χ0v) is 28.3. The van der Waals surface area contributed by atoms with E-state index in [2.05, 4.69) is 55.4 Å². The monoisotopic (exact) mass is 646 g/mol. The van der Waals surface area contributed by atoms with Crippen LogP contribution >= 0.6 is 17.5 Å². The number of hydrogen-bond acceptors (Lipinski definition) is 11. The summed E-state index contributed by atoms with van der Waals surface area (Å²) in [6, 6.07) is -0.561. The quantitative estimate of drug-likeness (QED) is 0.176. The number of allylic oxidation sites excluding steroid dienone is 1. The summed E-state index contributed by atoms with van der Waals surface area (Å²) in [7, 11) is -2.36. The lowest BCUT2D eigenvalue weighted by molar-refractivity contribution is -0.0455. The highest BCUT2D eigenvalue weighted by Gasteiger charge is 2.51. The smallest absolute Gasteiger partial charge is 0.296 e. The number of fused-ring (bicyclic) bond motifs is 1. The highest BCUT2D eigenvalue weighted by molar-refractivity contribution is 8.63. The predicted octanol–water partition coefficient (Wildman–Crippen LogP) is 4.23. The topological polar surface area (TPSA) is 152 Å². The van der Waals surface area contributed by atoms with Gasteiger partial charge in [-0.05, 0) is 57.2 Å². The van der Waals surface area contributed by atoms with Crippen LogP contribution in [-0.4, -0.2) is 78.9 Å². The van der Waals surface area contributed by atoms with Crippen LogP contribution in [0.1, 0.15) is 60.1 Å². The maximum Gasteiger partial charge on any atom is 0.296 e. The highest BCUT2D eigenvalue weighted by Crippen LogP contribution is 2.55. The van der Waals surface area contributed by atoms with Crippen molar-refractivity contribution >= 4 is 48.8 Å². The molecule has 1 aliphatic heterocycles. The second-order valence-corrected chi connectivity index (χ2v) is 23.2. The summed E-state index contributed by atoms with van der Waals surface area (Å²) < 4.78 is 20.2. The van der Waals surface area contributed by atoms with Crippen molar-refractivity contribution in [3.63, 3.8) is 0 Å². The molecule has 0 aromatic carbocycles. The van der Waals surface area contributed by atoms with Crippen molar-refractivity contribution in [2.75, 3.05) is 6.61 Å². The van der Waals surface area contributed by atoms with Crippen LogP contribution in [0.5, 0.6) is 6.01 Å². The molecule has 0 radical (unpaired) electrons. The molecule has 2 unspecified atom stereocenters. The molecule has 2 fully saturated rings. The van der Waals surface area contributed by atoms with Gasteiger partial charge in [0.15, 0.2) is 25.7 Å². The Hall–Kier alpha value is -1.09. The summed E-state index contributed by atoms with van der Waals surface area (Å²) in [5.41, 5.74) is 0.590. The summed E-state index contributed by atoms with van der Waals surface area (Å²) in [6.07, 6.45) is -2.09. The first-order chi connectivity index (χ1) is 18.9. The number of H-pyrrole nitrogens is 1. The Morgan fingerprint density at radius 2 is 2.10 bits per heavy atom. The molecule has 0 amide bonds. The van der Waals surface area contributed by atoms with Crippen LogP contribution in [0.2, 0.25) is 18.1 Å². The number of aromatic hydroxyl groups is 1. The third-order valence-corrected chi connectivity index (χ3v) is 18.2. The molecule has 15 heteroatoms. The van der Waals surface area contributed by atoms with Crippen LogP contribution in [-0.2, 0) is 25.5 Å². The largest absolute Gasteiger partial charge is 0.480 e. The number of aromatic nitrogens is 4. The third kappa shape index (κ3) is 6.86. The summed E-state index contributed by atoms with van der Waals surface area (Å²) >= 11 is 7.29. The van der Waals surface area contributed by atoms with E-state index in [1.165, 1.54) is 22.3 Å². The van der Waals surface area contributed by atoms with E-state index in [4.69, 9.17) is 25.5 Å². The number of rotatable bonds is 9. The average molecular weight is 647 g/mol. The van der Waals surface area contributed by atoms with E-state index in [1.807, 2.05) is 13.8 Å². The molecule has 0 spiro atoms. The molecule has 4 rings (SSSR count). The second kappa shape index (κ2) is 12.1. The zero-order valence-electron chi connectivity index (χ0n) is 24.7. The molecular weight excluding hydrogens is 604 g/mol. The molecule has 41 heavy (non-hydrogen) atoms. The van der Waals surface area contributed by atoms with Gasteiger partial charge >= 0.3 is 0 Å². The summed E-state index contributed by atoms with van der Waals surface area (Å²) in [5, 5.41) is 32.2. The van der Waals surface area contributed by atoms with Crippen molar-refractivity contribution < 1.29 is 29.0 Å². The summed E-state index contributed by atoms with van der Waals surface area (Å²) in [6.45, 7) is 18.7. The van der Waals surface area contributed by atoms with Gasteiger partial charge in [0.2, 0.25) is 0 Å². The van der Waals surface area contributed by atoms with Gasteiger partial charge in [-0.15, -0.1) is 0 Å². The molecule has 11 nitrogen and oxygen atoms in total. The Labute approximate surface area is 251 Å². The first kappa shape index (κ1) is 32.8. The van der Waals surface area contributed by atoms with Crippen LogP contribution in [0.4, 0.5) is 0 Å². The fourth-order valence-electron chi connectivity index (χ4n) is 5.05. The molecule has 0 bridgehead atoms. The fraction of sp³-hybridized carbons (Fsp3) is 0.731. The van der Waals surface area contributed by atoms with E-state index in [0.29, 0.717) is 12.3 Å². The van der Waals surface area contributed by atoms with Crippen molar-refractivity contribution in [2.24, 2.45) is 5.92 Å². The molecular formula is C26H43N4O7PS2Si. The Bertz CT molecular complexity index is 1370. The second-order valence-electron chi connectivity index (χ2n) is 12.9. The van der Waals surface area contributed by atoms with E-state index >= 15 is 0 Å². The van der Waals surface area contributed by atoms with Crippen LogP contribution in [0.25, 0.3) is 11.2 Å². The Kier molecular flexibility index (Phi) is 9.70. The molecule has 1 aliphatic carbocycles. The van der Waals surface area contributed by atoms with Crippen molar-refractivity contribution in [1.82, 2.24) is 19.5 Å². The zero-order chi connectivity index (χ0) is 30.5. The Morgan fingerprint density at radius 1 is 1.41 bits per heavy atom. The fourth-order valence-corrected chi connectivity index (χ4v) is 11.7. The lowest BCUT2D eigenvalue weighted by Crippen LogP contribution is -2.49. The van der Waals surface area contributed by atoms with Crippen LogP contribution in [0.15, 0.2) is 23.3 Å². The van der Waals surface area contributed by atoms with E-state index in [-0.39, 0.29) is 22.8 Å². The van der Waals surface area contributed by atoms with Crippen molar-refractivity contribution in [3.05, 3.63) is 28.8 Å². The summed E-state index contributed by atoms with van der Waals surface area (Å²) in [5.74, 6) is 0.310. The van der Waals surface area contributed by atoms with Crippen LogP contribution < -0.4 is 5.56 Å². The minimum Gasteiger partial charge on any atom is -0.480 e. The van der Waals surface area contributed by atoms with Gasteiger partial charge in [-0.3, -0.25) is 14.3 Å². The first-order valence-corrected chi connectivity index (χ1v) is 20.8. The number of aromatic amines is 1. The minimum absolute atomic E-state index is 0.0146. The van der Waals surface area contributed by atoms with Crippen molar-refractivity contribution in [2.45, 2.75) is 107 Å². The van der Waals surface area contributed by atoms with Crippen LogP contribution in [0, 0.1) is 5.92 Å². The number of hydrogen-bond donors (Lipinski definition) is 4. The molecule has 2 aliphatic rings. The van der Waals surface area contributed by atoms with Crippen molar-refractivity contribution in [1.29, 1.82) is 0 Å². The van der Waals surface area contributed by atoms with Gasteiger partial charge in [0.05, 0.1) is 19.0 Å². The molecule has 4 N–H and O–H groups in total. The molecule has 230 valence electrons. The lowest BCUT2D eigenvalue weighted by atomic mass is 9.77. The Balaban J connectivity index is 1.53. The maximum atomic E-state index is 12.3. The first-order valence-electron chi connectivity index (χ1n) is 13.8. The van der Waals surface area contributed by atoms with Gasteiger partial charge in [-0.1, -0.05) is 56.1 Å². The minimum atomic E-state index is -2.36. The van der Waals surface area contributed by atoms with Gasteiger partial charge < -0.3 is 29.0 Å². The van der Waals surface area contributed by atoms with Gasteiger partial charge in [0, 0.05) is 4.75 Å². The van der Waals surface area contributed by atoms with E-state index in [1.54, 1.807) is 0 Å². The number of imidazole rings is 1. The number of nitrogens with one attached hydrogen (secondary N) is 1. The van der Waals surface area contributed by atoms with E-state index in [9.17, 15) is 20.1 Å². The Morgan fingerprint density at radius 3 is 2.71 bits per heavy atom. The number of nitrogens with zero attached hydrogens (tertiary/aromatic N) is 3. The molecule has 3 heterocycles. The molecule has 2 aromatic rings. The average Bonchev–Trinajstić information content (AvgIpc) is 3.39. The molecule has 2 aromatic heterocycles. The lowest BCUT2D eigenvalue weighted by Gasteiger charge is -2.41. The van der Waals surface area contributed by atoms with Gasteiger partial charge in [-0.25, -0.2) is 4.98 Å². The summed E-state index contributed by atoms with van der Waals surface area (Å²) in [4.78, 5) is 22.6. The standard InChI is InChI=1S/C26H43N4O7PS2Si/c1-14(2)15-9-10-26(6,17(31)11-15)40-38(39)35-12-16-20(37-41(7,8)25(3,4)5)19(32)23(36-16)30-13-27-18-21(30)28-24(34)29-22(18)33/h13,15-17,19-20,23,31-32,38H,1,9-12H2,2-8H3,(H2,28,29,33,34)/t15-,16-,17+,19-,20?,23-,26+/m1/s1. The maximum absolute atomic E-state index is 12.3. The van der Waals surface area contributed by atoms with E-state index in [0.717, 1.165) is 18.4 Å².